The quantitative estimate of drug-likeness (QED) is 0.897. The fourth-order valence-corrected chi connectivity index (χ4v) is 1.67. The second-order valence-corrected chi connectivity index (χ2v) is 5.38. The third-order valence-electron chi connectivity index (χ3n) is 2.82. The van der Waals surface area contributed by atoms with Crippen molar-refractivity contribution in [2.75, 3.05) is 5.32 Å². The van der Waals surface area contributed by atoms with Gasteiger partial charge in [0.25, 0.3) is 5.91 Å². The molecule has 0 atom stereocenters. The molecule has 1 aromatic heterocycles. The highest BCUT2D eigenvalue weighted by atomic mass is 16.1. The Morgan fingerprint density at radius 3 is 2.32 bits per heavy atom. The predicted molar refractivity (Wildman–Crippen MR) is 75.1 cm³/mol. The van der Waals surface area contributed by atoms with Gasteiger partial charge >= 0.3 is 0 Å². The molecule has 0 aliphatic heterocycles. The van der Waals surface area contributed by atoms with Gasteiger partial charge in [-0.1, -0.05) is 32.9 Å². The molecule has 0 aliphatic carbocycles. The second-order valence-electron chi connectivity index (χ2n) is 5.38. The Labute approximate surface area is 112 Å². The molecular weight excluding hydrogens is 238 g/mol. The van der Waals surface area contributed by atoms with Crippen LogP contribution in [-0.4, -0.2) is 15.9 Å². The van der Waals surface area contributed by atoms with Gasteiger partial charge in [-0.2, -0.15) is 0 Å². The fraction of sp³-hybridized carbons (Fsp3) is 0.267. The summed E-state index contributed by atoms with van der Waals surface area (Å²) in [5.74, 6) is -0.231. The first-order valence-corrected chi connectivity index (χ1v) is 6.15. The third-order valence-corrected chi connectivity index (χ3v) is 2.82. The molecule has 19 heavy (non-hydrogen) atoms. The number of amides is 1. The van der Waals surface area contributed by atoms with E-state index in [1.165, 1.54) is 11.9 Å². The summed E-state index contributed by atoms with van der Waals surface area (Å²) in [7, 11) is 0. The minimum Gasteiger partial charge on any atom is -0.321 e. The van der Waals surface area contributed by atoms with Crippen LogP contribution in [0.3, 0.4) is 0 Å². The van der Waals surface area contributed by atoms with Gasteiger partial charge in [0.15, 0.2) is 0 Å². The van der Waals surface area contributed by atoms with Crippen LogP contribution in [0.2, 0.25) is 0 Å². The maximum absolute atomic E-state index is 11.9. The van der Waals surface area contributed by atoms with Crippen molar-refractivity contribution in [1.29, 1.82) is 0 Å². The lowest BCUT2D eigenvalue weighted by Crippen LogP contribution is -2.14. The van der Waals surface area contributed by atoms with E-state index in [0.717, 1.165) is 5.69 Å². The normalized spacial score (nSPS) is 11.1. The molecule has 1 aromatic carbocycles. The maximum atomic E-state index is 11.9. The molecule has 0 spiro atoms. The van der Waals surface area contributed by atoms with Crippen molar-refractivity contribution < 1.29 is 4.79 Å². The summed E-state index contributed by atoms with van der Waals surface area (Å²) in [6.45, 7) is 6.46. The Bertz CT molecular complexity index is 556. The summed E-state index contributed by atoms with van der Waals surface area (Å²) in [5, 5.41) is 2.81. The molecule has 0 aliphatic rings. The number of rotatable bonds is 2. The summed E-state index contributed by atoms with van der Waals surface area (Å²) in [6.07, 6.45) is 2.90. The van der Waals surface area contributed by atoms with Gasteiger partial charge in [0.05, 0.1) is 0 Å². The minimum absolute atomic E-state index is 0.106. The van der Waals surface area contributed by atoms with Crippen molar-refractivity contribution in [2.24, 2.45) is 0 Å². The molecule has 0 radical (unpaired) electrons. The Hall–Kier alpha value is -2.23. The van der Waals surface area contributed by atoms with Crippen LogP contribution < -0.4 is 5.32 Å². The molecule has 1 heterocycles. The van der Waals surface area contributed by atoms with E-state index in [9.17, 15) is 4.79 Å². The van der Waals surface area contributed by atoms with Gasteiger partial charge < -0.3 is 5.32 Å². The van der Waals surface area contributed by atoms with E-state index in [1.807, 2.05) is 24.3 Å². The van der Waals surface area contributed by atoms with Crippen LogP contribution in [0.5, 0.6) is 0 Å². The van der Waals surface area contributed by atoms with Crippen molar-refractivity contribution in [3.63, 3.8) is 0 Å². The maximum Gasteiger partial charge on any atom is 0.274 e. The first-order chi connectivity index (χ1) is 8.97. The van der Waals surface area contributed by atoms with Crippen LogP contribution in [0.25, 0.3) is 0 Å². The van der Waals surface area contributed by atoms with Crippen molar-refractivity contribution in [3.05, 3.63) is 54.1 Å². The highest BCUT2D eigenvalue weighted by Crippen LogP contribution is 2.23. The van der Waals surface area contributed by atoms with Crippen molar-refractivity contribution >= 4 is 11.6 Å². The molecule has 2 aromatic rings. The standard InChI is InChI=1S/C15H17N3O/c1-15(2,3)11-4-6-12(7-5-11)18-14(19)13-8-9-16-10-17-13/h4-10H,1-3H3,(H,18,19). The summed E-state index contributed by atoms with van der Waals surface area (Å²) >= 11 is 0. The van der Waals surface area contributed by atoms with Crippen LogP contribution in [0.15, 0.2) is 42.9 Å². The lowest BCUT2D eigenvalue weighted by Gasteiger charge is -2.19. The first kappa shape index (κ1) is 13.2. The monoisotopic (exact) mass is 255 g/mol. The van der Waals surface area contributed by atoms with Gasteiger partial charge in [-0.25, -0.2) is 9.97 Å². The summed E-state index contributed by atoms with van der Waals surface area (Å²) < 4.78 is 0. The molecule has 2 rings (SSSR count). The average Bonchev–Trinajstić information content (AvgIpc) is 2.39. The number of nitrogens with one attached hydrogen (secondary N) is 1. The number of benzene rings is 1. The topological polar surface area (TPSA) is 54.9 Å². The van der Waals surface area contributed by atoms with Gasteiger partial charge in [0.1, 0.15) is 12.0 Å². The summed E-state index contributed by atoms with van der Waals surface area (Å²) in [6, 6.07) is 9.43. The number of aromatic nitrogens is 2. The fourth-order valence-electron chi connectivity index (χ4n) is 1.67. The van der Waals surface area contributed by atoms with Crippen LogP contribution in [0.1, 0.15) is 36.8 Å². The molecule has 0 fully saturated rings. The minimum atomic E-state index is -0.231. The second kappa shape index (κ2) is 5.18. The molecule has 0 saturated carbocycles. The van der Waals surface area contributed by atoms with Gasteiger partial charge in [-0.05, 0) is 29.2 Å². The molecule has 0 bridgehead atoms. The third kappa shape index (κ3) is 3.37. The van der Waals surface area contributed by atoms with E-state index < -0.39 is 0 Å². The zero-order valence-electron chi connectivity index (χ0n) is 11.3. The smallest absolute Gasteiger partial charge is 0.274 e. The molecule has 0 unspecified atom stereocenters. The Balaban J connectivity index is 2.10. The SMILES string of the molecule is CC(C)(C)c1ccc(NC(=O)c2ccncn2)cc1. The van der Waals surface area contributed by atoms with E-state index in [-0.39, 0.29) is 11.3 Å². The molecular formula is C15H17N3O. The Morgan fingerprint density at radius 1 is 1.11 bits per heavy atom. The van der Waals surface area contributed by atoms with E-state index in [1.54, 1.807) is 12.3 Å². The van der Waals surface area contributed by atoms with Crippen molar-refractivity contribution in [3.8, 4) is 0 Å². The van der Waals surface area contributed by atoms with Gasteiger partial charge in [0.2, 0.25) is 0 Å². The largest absolute Gasteiger partial charge is 0.321 e. The van der Waals surface area contributed by atoms with Crippen LogP contribution in [-0.2, 0) is 5.41 Å². The Kier molecular flexibility index (Phi) is 3.60. The number of carbonyl (C=O) groups excluding carboxylic acids is 1. The lowest BCUT2D eigenvalue weighted by atomic mass is 9.87. The van der Waals surface area contributed by atoms with Crippen molar-refractivity contribution in [1.82, 2.24) is 9.97 Å². The number of anilines is 1. The molecule has 4 nitrogen and oxygen atoms in total. The molecule has 98 valence electrons. The molecule has 1 N–H and O–H groups in total. The first-order valence-electron chi connectivity index (χ1n) is 6.15. The Morgan fingerprint density at radius 2 is 1.79 bits per heavy atom. The average molecular weight is 255 g/mol. The van der Waals surface area contributed by atoms with E-state index in [2.05, 4.69) is 36.1 Å². The van der Waals surface area contributed by atoms with E-state index in [0.29, 0.717) is 5.69 Å². The van der Waals surface area contributed by atoms with E-state index >= 15 is 0 Å². The zero-order chi connectivity index (χ0) is 13.9. The summed E-state index contributed by atoms with van der Waals surface area (Å²) in [4.78, 5) is 19.6. The molecule has 4 heteroatoms. The number of carbonyl (C=O) groups is 1. The van der Waals surface area contributed by atoms with Gasteiger partial charge in [-0.15, -0.1) is 0 Å². The molecule has 1 amide bonds. The summed E-state index contributed by atoms with van der Waals surface area (Å²) in [5.41, 5.74) is 2.45. The number of hydrogen-bond donors (Lipinski definition) is 1. The highest BCUT2D eigenvalue weighted by molar-refractivity contribution is 6.02. The number of hydrogen-bond acceptors (Lipinski definition) is 3. The lowest BCUT2D eigenvalue weighted by molar-refractivity contribution is 0.102. The molecule has 0 saturated heterocycles. The van der Waals surface area contributed by atoms with Crippen molar-refractivity contribution in [2.45, 2.75) is 26.2 Å². The predicted octanol–water partition coefficient (Wildman–Crippen LogP) is 3.03. The van der Waals surface area contributed by atoms with E-state index in [4.69, 9.17) is 0 Å². The van der Waals surface area contributed by atoms with Crippen LogP contribution in [0, 0.1) is 0 Å². The number of nitrogens with zero attached hydrogens (tertiary/aromatic N) is 2. The highest BCUT2D eigenvalue weighted by Gasteiger charge is 2.13. The van der Waals surface area contributed by atoms with Gasteiger partial charge in [-0.3, -0.25) is 4.79 Å². The van der Waals surface area contributed by atoms with Gasteiger partial charge in [0, 0.05) is 11.9 Å². The van der Waals surface area contributed by atoms with Crippen LogP contribution >= 0.6 is 0 Å². The van der Waals surface area contributed by atoms with Crippen LogP contribution in [0.4, 0.5) is 5.69 Å². The zero-order valence-corrected chi connectivity index (χ0v) is 11.3.